The Labute approximate surface area is 102 Å². The van der Waals surface area contributed by atoms with Gasteiger partial charge in [-0.2, -0.15) is 0 Å². The van der Waals surface area contributed by atoms with Crippen molar-refractivity contribution in [3.05, 3.63) is 29.8 Å². The minimum atomic E-state index is 0.0290. The second-order valence-corrected chi connectivity index (χ2v) is 4.56. The van der Waals surface area contributed by atoms with Crippen molar-refractivity contribution in [1.29, 1.82) is 0 Å². The van der Waals surface area contributed by atoms with Crippen LogP contribution in [0.1, 0.15) is 19.4 Å². The number of rotatable bonds is 5. The number of phenols is 1. The molecule has 4 heteroatoms. The van der Waals surface area contributed by atoms with Crippen molar-refractivity contribution in [2.75, 3.05) is 13.6 Å². The number of nitrogens with one attached hydrogen (secondary N) is 1. The SMILES string of the molecule is CC(C)NC(=O)CN(C)Cc1ccc(O)cc1. The molecule has 2 N–H and O–H groups in total. The van der Waals surface area contributed by atoms with E-state index in [9.17, 15) is 4.79 Å². The fraction of sp³-hybridized carbons (Fsp3) is 0.462. The van der Waals surface area contributed by atoms with Gasteiger partial charge >= 0.3 is 0 Å². The van der Waals surface area contributed by atoms with Gasteiger partial charge in [0.05, 0.1) is 6.54 Å². The van der Waals surface area contributed by atoms with Gasteiger partial charge in [0.25, 0.3) is 0 Å². The Balaban J connectivity index is 2.41. The first-order valence-electron chi connectivity index (χ1n) is 5.73. The van der Waals surface area contributed by atoms with Crippen molar-refractivity contribution in [2.45, 2.75) is 26.4 Å². The van der Waals surface area contributed by atoms with E-state index in [4.69, 9.17) is 5.11 Å². The molecule has 0 aliphatic heterocycles. The van der Waals surface area contributed by atoms with Crippen LogP contribution in [-0.4, -0.2) is 35.5 Å². The third-order valence-corrected chi connectivity index (χ3v) is 2.25. The van der Waals surface area contributed by atoms with Gasteiger partial charge < -0.3 is 10.4 Å². The van der Waals surface area contributed by atoms with Crippen molar-refractivity contribution in [2.24, 2.45) is 0 Å². The molecule has 0 saturated carbocycles. The van der Waals surface area contributed by atoms with E-state index in [1.54, 1.807) is 12.1 Å². The zero-order valence-corrected chi connectivity index (χ0v) is 10.6. The van der Waals surface area contributed by atoms with Crippen LogP contribution in [0.3, 0.4) is 0 Å². The van der Waals surface area contributed by atoms with Gasteiger partial charge in [0.15, 0.2) is 0 Å². The first-order chi connectivity index (χ1) is 7.97. The smallest absolute Gasteiger partial charge is 0.234 e. The van der Waals surface area contributed by atoms with Crippen molar-refractivity contribution < 1.29 is 9.90 Å². The van der Waals surface area contributed by atoms with Crippen LogP contribution in [0, 0.1) is 0 Å². The number of benzene rings is 1. The molecule has 4 nitrogen and oxygen atoms in total. The van der Waals surface area contributed by atoms with Gasteiger partial charge in [-0.3, -0.25) is 9.69 Å². The van der Waals surface area contributed by atoms with E-state index in [2.05, 4.69) is 5.32 Å². The topological polar surface area (TPSA) is 52.6 Å². The minimum Gasteiger partial charge on any atom is -0.508 e. The van der Waals surface area contributed by atoms with E-state index < -0.39 is 0 Å². The summed E-state index contributed by atoms with van der Waals surface area (Å²) in [5, 5.41) is 12.0. The zero-order chi connectivity index (χ0) is 12.8. The van der Waals surface area contributed by atoms with E-state index in [0.29, 0.717) is 13.1 Å². The highest BCUT2D eigenvalue weighted by molar-refractivity contribution is 5.78. The van der Waals surface area contributed by atoms with Crippen LogP contribution in [0.4, 0.5) is 0 Å². The highest BCUT2D eigenvalue weighted by Gasteiger charge is 2.07. The molecule has 0 fully saturated rings. The molecule has 0 aromatic heterocycles. The molecule has 17 heavy (non-hydrogen) atoms. The van der Waals surface area contributed by atoms with Gasteiger partial charge in [-0.25, -0.2) is 0 Å². The van der Waals surface area contributed by atoms with Gasteiger partial charge in [-0.05, 0) is 38.6 Å². The van der Waals surface area contributed by atoms with Crippen LogP contribution in [0.15, 0.2) is 24.3 Å². The molecule has 0 atom stereocenters. The van der Waals surface area contributed by atoms with Crippen LogP contribution < -0.4 is 5.32 Å². The number of hydrogen-bond donors (Lipinski definition) is 2. The summed E-state index contributed by atoms with van der Waals surface area (Å²) in [6.07, 6.45) is 0. The van der Waals surface area contributed by atoms with E-state index in [0.717, 1.165) is 5.56 Å². The van der Waals surface area contributed by atoms with Crippen LogP contribution in [0.25, 0.3) is 0 Å². The summed E-state index contributed by atoms with van der Waals surface area (Å²) in [7, 11) is 1.90. The lowest BCUT2D eigenvalue weighted by Crippen LogP contribution is -2.38. The van der Waals surface area contributed by atoms with Crippen molar-refractivity contribution in [1.82, 2.24) is 10.2 Å². The van der Waals surface area contributed by atoms with E-state index in [1.807, 2.05) is 37.9 Å². The van der Waals surface area contributed by atoms with Crippen molar-refractivity contribution >= 4 is 5.91 Å². The maximum atomic E-state index is 11.5. The van der Waals surface area contributed by atoms with Crippen molar-refractivity contribution in [3.63, 3.8) is 0 Å². The number of aromatic hydroxyl groups is 1. The molecule has 0 bridgehead atoms. The highest BCUT2D eigenvalue weighted by Crippen LogP contribution is 2.10. The molecule has 1 rings (SSSR count). The second kappa shape index (κ2) is 6.25. The Morgan fingerprint density at radius 1 is 1.35 bits per heavy atom. The molecule has 1 aromatic carbocycles. The summed E-state index contributed by atoms with van der Waals surface area (Å²) >= 11 is 0. The molecular formula is C13H20N2O2. The normalized spacial score (nSPS) is 10.9. The number of phenolic OH excluding ortho intramolecular Hbond substituents is 1. The fourth-order valence-corrected chi connectivity index (χ4v) is 1.58. The Morgan fingerprint density at radius 3 is 2.47 bits per heavy atom. The molecule has 0 saturated heterocycles. The third-order valence-electron chi connectivity index (χ3n) is 2.25. The number of carbonyl (C=O) groups excluding carboxylic acids is 1. The first-order valence-corrected chi connectivity index (χ1v) is 5.73. The average molecular weight is 236 g/mol. The number of hydrogen-bond acceptors (Lipinski definition) is 3. The van der Waals surface area contributed by atoms with Gasteiger partial charge in [0, 0.05) is 12.6 Å². The molecule has 1 aromatic rings. The number of carbonyl (C=O) groups is 1. The maximum absolute atomic E-state index is 11.5. The fourth-order valence-electron chi connectivity index (χ4n) is 1.58. The number of likely N-dealkylation sites (N-methyl/N-ethyl adjacent to an activating group) is 1. The first kappa shape index (κ1) is 13.5. The Morgan fingerprint density at radius 2 is 1.94 bits per heavy atom. The molecule has 1 amide bonds. The number of amides is 1. The predicted molar refractivity (Wildman–Crippen MR) is 67.7 cm³/mol. The second-order valence-electron chi connectivity index (χ2n) is 4.56. The lowest BCUT2D eigenvalue weighted by molar-refractivity contribution is -0.122. The standard InChI is InChI=1S/C13H20N2O2/c1-10(2)14-13(17)9-15(3)8-11-4-6-12(16)7-5-11/h4-7,10,16H,8-9H2,1-3H3,(H,14,17). The Kier molecular flexibility index (Phi) is 4.97. The van der Waals surface area contributed by atoms with Crippen LogP contribution in [0.2, 0.25) is 0 Å². The van der Waals surface area contributed by atoms with E-state index in [-0.39, 0.29) is 17.7 Å². The van der Waals surface area contributed by atoms with Crippen LogP contribution >= 0.6 is 0 Å². The van der Waals surface area contributed by atoms with Crippen molar-refractivity contribution in [3.8, 4) is 5.75 Å². The summed E-state index contributed by atoms with van der Waals surface area (Å²) in [5.74, 6) is 0.287. The lowest BCUT2D eigenvalue weighted by Gasteiger charge is -2.17. The molecule has 0 heterocycles. The molecule has 0 unspecified atom stereocenters. The monoisotopic (exact) mass is 236 g/mol. The third kappa shape index (κ3) is 5.36. The largest absolute Gasteiger partial charge is 0.508 e. The summed E-state index contributed by atoms with van der Waals surface area (Å²) < 4.78 is 0. The van der Waals surface area contributed by atoms with Crippen LogP contribution in [0.5, 0.6) is 5.75 Å². The zero-order valence-electron chi connectivity index (χ0n) is 10.6. The highest BCUT2D eigenvalue weighted by atomic mass is 16.3. The molecule has 94 valence electrons. The van der Waals surface area contributed by atoms with Crippen LogP contribution in [-0.2, 0) is 11.3 Å². The lowest BCUT2D eigenvalue weighted by atomic mass is 10.2. The van der Waals surface area contributed by atoms with Gasteiger partial charge in [0.1, 0.15) is 5.75 Å². The minimum absolute atomic E-state index is 0.0290. The quantitative estimate of drug-likeness (QED) is 0.811. The maximum Gasteiger partial charge on any atom is 0.234 e. The molecule has 0 radical (unpaired) electrons. The van der Waals surface area contributed by atoms with E-state index in [1.165, 1.54) is 0 Å². The molecule has 0 aliphatic rings. The average Bonchev–Trinajstić information content (AvgIpc) is 2.19. The number of nitrogens with zero attached hydrogens (tertiary/aromatic N) is 1. The van der Waals surface area contributed by atoms with Gasteiger partial charge in [0.2, 0.25) is 5.91 Å². The summed E-state index contributed by atoms with van der Waals surface area (Å²) in [6, 6.07) is 7.18. The molecule has 0 aliphatic carbocycles. The van der Waals surface area contributed by atoms with E-state index >= 15 is 0 Å². The predicted octanol–water partition coefficient (Wildman–Crippen LogP) is 1.35. The van der Waals surface area contributed by atoms with Gasteiger partial charge in [-0.15, -0.1) is 0 Å². The Bertz CT molecular complexity index is 360. The van der Waals surface area contributed by atoms with Gasteiger partial charge in [-0.1, -0.05) is 12.1 Å². The summed E-state index contributed by atoms with van der Waals surface area (Å²) in [5.41, 5.74) is 1.07. The molecular weight excluding hydrogens is 216 g/mol. The summed E-state index contributed by atoms with van der Waals surface area (Å²) in [4.78, 5) is 13.5. The molecule has 0 spiro atoms. The Hall–Kier alpha value is -1.55. The summed E-state index contributed by atoms with van der Waals surface area (Å²) in [6.45, 7) is 4.95.